The maximum absolute atomic E-state index is 13.0. The van der Waals surface area contributed by atoms with E-state index in [-0.39, 0.29) is 36.0 Å². The van der Waals surface area contributed by atoms with E-state index in [1.807, 2.05) is 0 Å². The number of carbonyl (C=O) groups is 2. The van der Waals surface area contributed by atoms with Gasteiger partial charge >= 0.3 is 11.9 Å². The second-order valence-corrected chi connectivity index (χ2v) is 9.07. The Bertz CT molecular complexity index is 527. The van der Waals surface area contributed by atoms with Crippen LogP contribution in [0.25, 0.3) is 0 Å². The van der Waals surface area contributed by atoms with Gasteiger partial charge in [0.15, 0.2) is 0 Å². The summed E-state index contributed by atoms with van der Waals surface area (Å²) in [5.41, 5.74) is 1.35. The van der Waals surface area contributed by atoms with Crippen LogP contribution < -0.4 is 0 Å². The van der Waals surface area contributed by atoms with Crippen LogP contribution in [0.3, 0.4) is 0 Å². The van der Waals surface area contributed by atoms with Gasteiger partial charge in [-0.05, 0) is 82.5 Å². The first-order valence-electron chi connectivity index (χ1n) is 11.4. The van der Waals surface area contributed by atoms with Crippen LogP contribution in [0.1, 0.15) is 96.3 Å². The zero-order chi connectivity index (χ0) is 18.6. The molecule has 4 aliphatic rings. The molecule has 2 atom stereocenters. The summed E-state index contributed by atoms with van der Waals surface area (Å²) in [6, 6.07) is 0. The van der Waals surface area contributed by atoms with Crippen molar-refractivity contribution >= 4 is 11.9 Å². The Hall–Kier alpha value is -1.32. The Morgan fingerprint density at radius 1 is 0.556 bits per heavy atom. The van der Waals surface area contributed by atoms with Crippen LogP contribution >= 0.6 is 0 Å². The number of ether oxygens (including phenoxy) is 2. The first-order valence-corrected chi connectivity index (χ1v) is 11.4. The van der Waals surface area contributed by atoms with Gasteiger partial charge in [0.2, 0.25) is 0 Å². The van der Waals surface area contributed by atoms with E-state index in [1.165, 1.54) is 25.7 Å². The van der Waals surface area contributed by atoms with E-state index in [4.69, 9.17) is 9.47 Å². The third-order valence-corrected chi connectivity index (χ3v) is 7.13. The summed E-state index contributed by atoms with van der Waals surface area (Å²) >= 11 is 0. The molecule has 0 saturated heterocycles. The lowest BCUT2D eigenvalue weighted by atomic mass is 9.91. The van der Waals surface area contributed by atoms with Gasteiger partial charge in [-0.2, -0.15) is 0 Å². The smallest absolute Gasteiger partial charge is 0.335 e. The Labute approximate surface area is 163 Å². The van der Waals surface area contributed by atoms with Crippen LogP contribution in [0, 0.1) is 11.8 Å². The van der Waals surface area contributed by atoms with Crippen LogP contribution in [0.15, 0.2) is 11.1 Å². The fraction of sp³-hybridized carbons (Fsp3) is 0.826. The molecule has 4 aliphatic carbocycles. The normalized spacial score (nSPS) is 30.1. The largest absolute Gasteiger partial charge is 0.459 e. The van der Waals surface area contributed by atoms with Crippen molar-refractivity contribution in [3.8, 4) is 0 Å². The number of rotatable bonds is 4. The molecule has 0 amide bonds. The van der Waals surface area contributed by atoms with Gasteiger partial charge in [-0.3, -0.25) is 0 Å². The Kier molecular flexibility index (Phi) is 6.19. The minimum absolute atomic E-state index is 0.0331. The average Bonchev–Trinajstić information content (AvgIpc) is 3.05. The molecule has 4 rings (SSSR count). The van der Waals surface area contributed by atoms with Crippen LogP contribution in [0.5, 0.6) is 0 Å². The zero-order valence-electron chi connectivity index (χ0n) is 16.5. The van der Waals surface area contributed by atoms with Gasteiger partial charge in [0, 0.05) is 0 Å². The van der Waals surface area contributed by atoms with Crippen molar-refractivity contribution in [3.05, 3.63) is 11.1 Å². The summed E-state index contributed by atoms with van der Waals surface area (Å²) in [6.07, 6.45) is 16.4. The first kappa shape index (κ1) is 19.0. The first-order chi connectivity index (χ1) is 13.2. The summed E-state index contributed by atoms with van der Waals surface area (Å²) in [5, 5.41) is 0. The monoisotopic (exact) mass is 374 g/mol. The quantitative estimate of drug-likeness (QED) is 0.498. The third-order valence-electron chi connectivity index (χ3n) is 7.13. The summed E-state index contributed by atoms with van der Waals surface area (Å²) in [5.74, 6) is -0.0150. The van der Waals surface area contributed by atoms with Gasteiger partial charge in [0.25, 0.3) is 0 Å². The highest BCUT2D eigenvalue weighted by atomic mass is 16.5. The standard InChI is InChI=1S/C23H34O4/c24-22(26-18-9-5-1-2-6-10-18)20-16-13-14-17(15-16)21(20)23(25)27-19-11-7-3-4-8-12-19/h16-19H,1-15H2/t16-,17?/m0/s1. The molecule has 3 fully saturated rings. The van der Waals surface area contributed by atoms with E-state index in [9.17, 15) is 9.59 Å². The molecule has 0 heterocycles. The van der Waals surface area contributed by atoms with Crippen molar-refractivity contribution in [1.82, 2.24) is 0 Å². The van der Waals surface area contributed by atoms with Crippen molar-refractivity contribution in [2.45, 2.75) is 109 Å². The Balaban J connectivity index is 1.46. The minimum atomic E-state index is -0.220. The molecular weight excluding hydrogens is 340 g/mol. The summed E-state index contributed by atoms with van der Waals surface area (Å²) in [7, 11) is 0. The second kappa shape index (κ2) is 8.79. The molecule has 1 unspecified atom stereocenters. The highest BCUT2D eigenvalue weighted by molar-refractivity contribution is 6.02. The lowest BCUT2D eigenvalue weighted by Gasteiger charge is -2.23. The van der Waals surface area contributed by atoms with Gasteiger partial charge < -0.3 is 9.47 Å². The molecule has 3 saturated carbocycles. The van der Waals surface area contributed by atoms with E-state index >= 15 is 0 Å². The Morgan fingerprint density at radius 3 is 1.30 bits per heavy atom. The molecule has 2 bridgehead atoms. The van der Waals surface area contributed by atoms with Crippen LogP contribution in [0.2, 0.25) is 0 Å². The molecule has 0 N–H and O–H groups in total. The molecular formula is C23H34O4. The minimum Gasteiger partial charge on any atom is -0.459 e. The maximum Gasteiger partial charge on any atom is 0.335 e. The second-order valence-electron chi connectivity index (χ2n) is 9.07. The maximum atomic E-state index is 13.0. The molecule has 0 aromatic carbocycles. The molecule has 0 spiro atoms. The van der Waals surface area contributed by atoms with Gasteiger partial charge in [-0.1, -0.05) is 25.7 Å². The number of hydrogen-bond acceptors (Lipinski definition) is 4. The Morgan fingerprint density at radius 2 is 0.926 bits per heavy atom. The lowest BCUT2D eigenvalue weighted by Crippen LogP contribution is -2.26. The van der Waals surface area contributed by atoms with Crippen molar-refractivity contribution in [2.24, 2.45) is 11.8 Å². The topological polar surface area (TPSA) is 52.6 Å². The fourth-order valence-electron chi connectivity index (χ4n) is 5.65. The summed E-state index contributed by atoms with van der Waals surface area (Å²) in [6.45, 7) is 0. The SMILES string of the molecule is O=C(OC1CCCCCC1)C1=C(C(=O)OC2CCCCCC2)[C@H]2CCC1C2. The molecule has 0 radical (unpaired) electrons. The molecule has 4 nitrogen and oxygen atoms in total. The molecule has 0 aliphatic heterocycles. The van der Waals surface area contributed by atoms with Crippen molar-refractivity contribution in [1.29, 1.82) is 0 Å². The van der Waals surface area contributed by atoms with E-state index in [0.29, 0.717) is 11.1 Å². The fourth-order valence-corrected chi connectivity index (χ4v) is 5.65. The number of carbonyl (C=O) groups excluding carboxylic acids is 2. The van der Waals surface area contributed by atoms with Gasteiger partial charge in [-0.25, -0.2) is 9.59 Å². The van der Waals surface area contributed by atoms with Crippen LogP contribution in [-0.2, 0) is 19.1 Å². The highest BCUT2D eigenvalue weighted by Crippen LogP contribution is 2.49. The van der Waals surface area contributed by atoms with Gasteiger partial charge in [-0.15, -0.1) is 0 Å². The highest BCUT2D eigenvalue weighted by Gasteiger charge is 2.46. The average molecular weight is 375 g/mol. The van der Waals surface area contributed by atoms with Crippen molar-refractivity contribution in [2.75, 3.05) is 0 Å². The van der Waals surface area contributed by atoms with E-state index < -0.39 is 0 Å². The molecule has 27 heavy (non-hydrogen) atoms. The van der Waals surface area contributed by atoms with Crippen LogP contribution in [0.4, 0.5) is 0 Å². The predicted octanol–water partition coefficient (Wildman–Crippen LogP) is 5.24. The molecule has 0 aromatic rings. The summed E-state index contributed by atoms with van der Waals surface area (Å²) < 4.78 is 11.8. The lowest BCUT2D eigenvalue weighted by molar-refractivity contribution is -0.149. The van der Waals surface area contributed by atoms with E-state index in [1.54, 1.807) is 0 Å². The number of fused-ring (bicyclic) bond motifs is 2. The molecule has 4 heteroatoms. The molecule has 0 aromatic heterocycles. The van der Waals surface area contributed by atoms with E-state index in [0.717, 1.165) is 70.6 Å². The van der Waals surface area contributed by atoms with Crippen LogP contribution in [-0.4, -0.2) is 24.1 Å². The van der Waals surface area contributed by atoms with Crippen molar-refractivity contribution in [3.63, 3.8) is 0 Å². The molecule has 150 valence electrons. The number of hydrogen-bond donors (Lipinski definition) is 0. The van der Waals surface area contributed by atoms with Crippen molar-refractivity contribution < 1.29 is 19.1 Å². The predicted molar refractivity (Wildman–Crippen MR) is 103 cm³/mol. The third kappa shape index (κ3) is 4.41. The number of esters is 2. The zero-order valence-corrected chi connectivity index (χ0v) is 16.5. The van der Waals surface area contributed by atoms with E-state index in [2.05, 4.69) is 0 Å². The van der Waals surface area contributed by atoms with Gasteiger partial charge in [0.05, 0.1) is 11.1 Å². The summed E-state index contributed by atoms with van der Waals surface area (Å²) in [4.78, 5) is 26.0. The van der Waals surface area contributed by atoms with Gasteiger partial charge in [0.1, 0.15) is 12.2 Å².